The lowest BCUT2D eigenvalue weighted by Crippen LogP contribution is -1.92. The molecule has 2 aromatic heterocycles. The Bertz CT molecular complexity index is 354. The lowest BCUT2D eigenvalue weighted by molar-refractivity contribution is 1.17. The number of fused-ring (bicyclic) bond motifs is 1. The van der Waals surface area contributed by atoms with Crippen molar-refractivity contribution >= 4 is 17.3 Å². The first-order valence-electron chi connectivity index (χ1n) is 3.27. The molecule has 0 fully saturated rings. The highest BCUT2D eigenvalue weighted by molar-refractivity contribution is 5.69. The van der Waals surface area contributed by atoms with Gasteiger partial charge in [-0.3, -0.25) is 4.40 Å². The molecule has 0 bridgehead atoms. The van der Waals surface area contributed by atoms with Crippen molar-refractivity contribution in [1.29, 1.82) is 0 Å². The first-order chi connectivity index (χ1) is 5.29. The minimum atomic E-state index is 0.429. The van der Waals surface area contributed by atoms with Crippen LogP contribution in [0.15, 0.2) is 24.4 Å². The van der Waals surface area contributed by atoms with E-state index in [9.17, 15) is 0 Å². The zero-order valence-electron chi connectivity index (χ0n) is 5.86. The number of aromatic nitrogens is 2. The van der Waals surface area contributed by atoms with Gasteiger partial charge in [-0.2, -0.15) is 4.98 Å². The van der Waals surface area contributed by atoms with E-state index in [1.54, 1.807) is 4.40 Å². The van der Waals surface area contributed by atoms with E-state index in [-0.39, 0.29) is 0 Å². The Hall–Kier alpha value is -1.71. The summed E-state index contributed by atoms with van der Waals surface area (Å²) in [5, 5.41) is 0. The van der Waals surface area contributed by atoms with Crippen molar-refractivity contribution in [2.75, 3.05) is 11.5 Å². The Morgan fingerprint density at radius 2 is 2.09 bits per heavy atom. The smallest absolute Gasteiger partial charge is 0.206 e. The quantitative estimate of drug-likeness (QED) is 0.571. The number of nitrogen functional groups attached to an aromatic ring is 2. The fraction of sp³-hybridized carbons (Fsp3) is 0. The van der Waals surface area contributed by atoms with Gasteiger partial charge in [0.25, 0.3) is 0 Å². The Morgan fingerprint density at radius 3 is 2.82 bits per heavy atom. The Morgan fingerprint density at radius 1 is 1.27 bits per heavy atom. The van der Waals surface area contributed by atoms with E-state index in [4.69, 9.17) is 11.5 Å². The summed E-state index contributed by atoms with van der Waals surface area (Å²) in [5.74, 6) is 0.904. The highest BCUT2D eigenvalue weighted by Gasteiger charge is 2.02. The molecule has 0 saturated carbocycles. The van der Waals surface area contributed by atoms with Crippen LogP contribution in [-0.2, 0) is 0 Å². The van der Waals surface area contributed by atoms with E-state index in [1.165, 1.54) is 0 Å². The lowest BCUT2D eigenvalue weighted by Gasteiger charge is -1.92. The second-order valence-electron chi connectivity index (χ2n) is 2.31. The molecule has 0 amide bonds. The van der Waals surface area contributed by atoms with Gasteiger partial charge < -0.3 is 11.5 Å². The maximum absolute atomic E-state index is 5.57. The highest BCUT2D eigenvalue weighted by atomic mass is 15.1. The monoisotopic (exact) mass is 148 g/mol. The predicted octanol–water partition coefficient (Wildman–Crippen LogP) is 0.499. The highest BCUT2D eigenvalue weighted by Crippen LogP contribution is 2.14. The zero-order chi connectivity index (χ0) is 7.84. The number of rotatable bonds is 0. The number of anilines is 2. The van der Waals surface area contributed by atoms with Gasteiger partial charge in [-0.15, -0.1) is 0 Å². The molecule has 0 unspecified atom stereocenters. The van der Waals surface area contributed by atoms with Crippen LogP contribution in [0.2, 0.25) is 0 Å². The average molecular weight is 148 g/mol. The van der Waals surface area contributed by atoms with Crippen molar-refractivity contribution < 1.29 is 0 Å². The molecule has 0 aliphatic carbocycles. The molecule has 0 spiro atoms. The van der Waals surface area contributed by atoms with E-state index < -0.39 is 0 Å². The van der Waals surface area contributed by atoms with Crippen LogP contribution in [0.5, 0.6) is 0 Å². The lowest BCUT2D eigenvalue weighted by atomic mass is 10.4. The van der Waals surface area contributed by atoms with Gasteiger partial charge in [-0.1, -0.05) is 6.07 Å². The van der Waals surface area contributed by atoms with Gasteiger partial charge in [0, 0.05) is 6.20 Å². The molecule has 2 aromatic rings. The topological polar surface area (TPSA) is 69.3 Å². The summed E-state index contributed by atoms with van der Waals surface area (Å²) in [7, 11) is 0. The van der Waals surface area contributed by atoms with Gasteiger partial charge in [0.15, 0.2) is 5.82 Å². The van der Waals surface area contributed by atoms with Gasteiger partial charge in [-0.25, -0.2) is 0 Å². The van der Waals surface area contributed by atoms with E-state index in [0.29, 0.717) is 11.8 Å². The van der Waals surface area contributed by atoms with E-state index >= 15 is 0 Å². The van der Waals surface area contributed by atoms with Crippen LogP contribution >= 0.6 is 0 Å². The fourth-order valence-corrected chi connectivity index (χ4v) is 1.09. The van der Waals surface area contributed by atoms with Crippen LogP contribution in [0, 0.1) is 0 Å². The van der Waals surface area contributed by atoms with Gasteiger partial charge in [-0.05, 0) is 12.1 Å². The standard InChI is InChI=1S/C7H8N4/c8-6-5-3-1-2-4-11(5)7(9)10-6/h1-4H,8H2,(H2,9,10). The molecule has 0 aliphatic rings. The molecule has 0 saturated heterocycles. The SMILES string of the molecule is Nc1nc(N)n2ccccc12. The molecule has 4 nitrogen and oxygen atoms in total. The molecular weight excluding hydrogens is 140 g/mol. The number of nitrogens with zero attached hydrogens (tertiary/aromatic N) is 2. The molecule has 0 aromatic carbocycles. The fourth-order valence-electron chi connectivity index (χ4n) is 1.09. The van der Waals surface area contributed by atoms with E-state index in [1.807, 2.05) is 24.4 Å². The molecular formula is C7H8N4. The average Bonchev–Trinajstić information content (AvgIpc) is 2.30. The first kappa shape index (κ1) is 6.03. The Kier molecular flexibility index (Phi) is 1.03. The van der Waals surface area contributed by atoms with Crippen LogP contribution in [0.25, 0.3) is 5.52 Å². The zero-order valence-corrected chi connectivity index (χ0v) is 5.86. The summed E-state index contributed by atoms with van der Waals surface area (Å²) in [4.78, 5) is 3.91. The summed E-state index contributed by atoms with van der Waals surface area (Å²) in [6.45, 7) is 0. The molecule has 4 N–H and O–H groups in total. The molecule has 2 heterocycles. The summed E-state index contributed by atoms with van der Waals surface area (Å²) < 4.78 is 1.75. The van der Waals surface area contributed by atoms with Crippen LogP contribution in [0.4, 0.5) is 11.8 Å². The van der Waals surface area contributed by atoms with Crippen LogP contribution < -0.4 is 11.5 Å². The molecule has 11 heavy (non-hydrogen) atoms. The second-order valence-corrected chi connectivity index (χ2v) is 2.31. The second kappa shape index (κ2) is 1.88. The Labute approximate surface area is 63.4 Å². The maximum atomic E-state index is 5.57. The van der Waals surface area contributed by atoms with Crippen molar-refractivity contribution in [2.24, 2.45) is 0 Å². The van der Waals surface area contributed by atoms with E-state index in [2.05, 4.69) is 4.98 Å². The summed E-state index contributed by atoms with van der Waals surface area (Å²) in [5.41, 5.74) is 12.0. The third kappa shape index (κ3) is 0.724. The van der Waals surface area contributed by atoms with Crippen molar-refractivity contribution in [3.63, 3.8) is 0 Å². The van der Waals surface area contributed by atoms with Gasteiger partial charge in [0.05, 0.1) is 5.52 Å². The third-order valence-electron chi connectivity index (χ3n) is 1.60. The summed E-state index contributed by atoms with van der Waals surface area (Å²) >= 11 is 0. The number of pyridine rings is 1. The van der Waals surface area contributed by atoms with Crippen LogP contribution in [0.3, 0.4) is 0 Å². The molecule has 0 radical (unpaired) electrons. The largest absolute Gasteiger partial charge is 0.382 e. The van der Waals surface area contributed by atoms with Crippen molar-refractivity contribution in [2.45, 2.75) is 0 Å². The number of imidazole rings is 1. The van der Waals surface area contributed by atoms with Gasteiger partial charge >= 0.3 is 0 Å². The van der Waals surface area contributed by atoms with Crippen LogP contribution in [-0.4, -0.2) is 9.38 Å². The van der Waals surface area contributed by atoms with Gasteiger partial charge in [0.1, 0.15) is 0 Å². The third-order valence-corrected chi connectivity index (χ3v) is 1.60. The molecule has 56 valence electrons. The molecule has 4 heteroatoms. The van der Waals surface area contributed by atoms with Crippen LogP contribution in [0.1, 0.15) is 0 Å². The van der Waals surface area contributed by atoms with Crippen molar-refractivity contribution in [1.82, 2.24) is 9.38 Å². The van der Waals surface area contributed by atoms with Crippen molar-refractivity contribution in [3.8, 4) is 0 Å². The number of hydrogen-bond acceptors (Lipinski definition) is 3. The maximum Gasteiger partial charge on any atom is 0.206 e. The summed E-state index contributed by atoms with van der Waals surface area (Å²) in [6, 6.07) is 5.65. The molecule has 0 aliphatic heterocycles. The normalized spacial score (nSPS) is 10.5. The predicted molar refractivity (Wildman–Crippen MR) is 44.0 cm³/mol. The number of hydrogen-bond donors (Lipinski definition) is 2. The van der Waals surface area contributed by atoms with Gasteiger partial charge in [0.2, 0.25) is 5.95 Å². The van der Waals surface area contributed by atoms with E-state index in [0.717, 1.165) is 5.52 Å². The summed E-state index contributed by atoms with van der Waals surface area (Å²) in [6.07, 6.45) is 1.83. The minimum Gasteiger partial charge on any atom is -0.382 e. The molecule has 0 atom stereocenters. The minimum absolute atomic E-state index is 0.429. The molecule has 2 rings (SSSR count). The Balaban J connectivity index is 2.95. The first-order valence-corrected chi connectivity index (χ1v) is 3.27. The van der Waals surface area contributed by atoms with Crippen molar-refractivity contribution in [3.05, 3.63) is 24.4 Å². The number of nitrogens with two attached hydrogens (primary N) is 2.